The molecule has 2 aromatic heterocycles. The molecule has 6 nitrogen and oxygen atoms in total. The van der Waals surface area contributed by atoms with Crippen molar-refractivity contribution in [2.75, 3.05) is 26.2 Å². The van der Waals surface area contributed by atoms with E-state index in [2.05, 4.69) is 27.1 Å². The molecule has 1 saturated heterocycles. The lowest BCUT2D eigenvalue weighted by atomic mass is 10.1. The molecule has 3 rings (SSSR count). The Morgan fingerprint density at radius 3 is 3.17 bits per heavy atom. The molecular weight excluding hydrogens is 290 g/mol. The van der Waals surface area contributed by atoms with Crippen molar-refractivity contribution in [1.29, 1.82) is 0 Å². The summed E-state index contributed by atoms with van der Waals surface area (Å²) in [6.45, 7) is 8.23. The maximum atomic E-state index is 12.5. The zero-order valence-electron chi connectivity index (χ0n) is 14.0. The van der Waals surface area contributed by atoms with E-state index in [-0.39, 0.29) is 5.91 Å². The van der Waals surface area contributed by atoms with Crippen molar-refractivity contribution in [1.82, 2.24) is 24.6 Å². The average Bonchev–Trinajstić information content (AvgIpc) is 3.13. The zero-order chi connectivity index (χ0) is 16.2. The highest BCUT2D eigenvalue weighted by molar-refractivity contribution is 5.94. The van der Waals surface area contributed by atoms with Gasteiger partial charge in [-0.05, 0) is 44.8 Å². The summed E-state index contributed by atoms with van der Waals surface area (Å²) in [6, 6.07) is 1.81. The van der Waals surface area contributed by atoms with Gasteiger partial charge in [-0.15, -0.1) is 0 Å². The number of carbonyl (C=O) groups is 1. The maximum Gasteiger partial charge on any atom is 0.270 e. The van der Waals surface area contributed by atoms with Gasteiger partial charge in [-0.2, -0.15) is 0 Å². The lowest BCUT2D eigenvalue weighted by Crippen LogP contribution is -2.32. The van der Waals surface area contributed by atoms with E-state index < -0.39 is 0 Å². The van der Waals surface area contributed by atoms with Gasteiger partial charge in [0, 0.05) is 25.5 Å². The number of amides is 1. The third kappa shape index (κ3) is 3.52. The van der Waals surface area contributed by atoms with Crippen molar-refractivity contribution in [2.45, 2.75) is 33.1 Å². The predicted octanol–water partition coefficient (Wildman–Crippen LogP) is 1.89. The summed E-state index contributed by atoms with van der Waals surface area (Å²) in [5, 5.41) is 3.08. The highest BCUT2D eigenvalue weighted by Crippen LogP contribution is 2.16. The van der Waals surface area contributed by atoms with Gasteiger partial charge in [-0.1, -0.05) is 13.3 Å². The minimum Gasteiger partial charge on any atom is -0.350 e. The van der Waals surface area contributed by atoms with E-state index in [0.29, 0.717) is 17.4 Å². The number of nitrogens with zero attached hydrogens (tertiary/aromatic N) is 4. The first-order valence-corrected chi connectivity index (χ1v) is 8.49. The molecule has 1 aliphatic rings. The highest BCUT2D eigenvalue weighted by Gasteiger charge is 2.23. The molecule has 23 heavy (non-hydrogen) atoms. The van der Waals surface area contributed by atoms with Crippen molar-refractivity contribution in [3.63, 3.8) is 0 Å². The number of aryl methyl sites for hydroxylation is 1. The summed E-state index contributed by atoms with van der Waals surface area (Å²) in [6.07, 6.45) is 7.18. The SMILES string of the molecule is CCCCN1CC[C@H](CNC(=O)c2c(C)nc3ncccn23)C1. The van der Waals surface area contributed by atoms with E-state index in [1.54, 1.807) is 10.6 Å². The summed E-state index contributed by atoms with van der Waals surface area (Å²) in [5.74, 6) is 1.06. The van der Waals surface area contributed by atoms with Gasteiger partial charge >= 0.3 is 0 Å². The first-order chi connectivity index (χ1) is 11.2. The summed E-state index contributed by atoms with van der Waals surface area (Å²) in [7, 11) is 0. The molecule has 1 amide bonds. The fraction of sp³-hybridized carbons (Fsp3) is 0.588. The maximum absolute atomic E-state index is 12.5. The molecule has 0 aromatic carbocycles. The van der Waals surface area contributed by atoms with Crippen LogP contribution in [0.15, 0.2) is 18.5 Å². The topological polar surface area (TPSA) is 62.5 Å². The monoisotopic (exact) mass is 315 g/mol. The molecule has 2 aromatic rings. The van der Waals surface area contributed by atoms with Crippen LogP contribution in [-0.2, 0) is 0 Å². The number of aromatic nitrogens is 3. The van der Waals surface area contributed by atoms with Gasteiger partial charge in [0.25, 0.3) is 5.91 Å². The second kappa shape index (κ2) is 7.08. The smallest absolute Gasteiger partial charge is 0.270 e. The van der Waals surface area contributed by atoms with Crippen molar-refractivity contribution in [2.24, 2.45) is 5.92 Å². The Labute approximate surface area is 136 Å². The van der Waals surface area contributed by atoms with E-state index in [0.717, 1.165) is 31.7 Å². The fourth-order valence-corrected chi connectivity index (χ4v) is 3.26. The van der Waals surface area contributed by atoms with Crippen LogP contribution in [0.5, 0.6) is 0 Å². The molecule has 1 atom stereocenters. The molecule has 1 fully saturated rings. The quantitative estimate of drug-likeness (QED) is 0.884. The lowest BCUT2D eigenvalue weighted by Gasteiger charge is -2.15. The van der Waals surface area contributed by atoms with Gasteiger partial charge in [0.15, 0.2) is 0 Å². The normalized spacial score (nSPS) is 18.6. The average molecular weight is 315 g/mol. The summed E-state index contributed by atoms with van der Waals surface area (Å²) in [4.78, 5) is 23.6. The molecule has 6 heteroatoms. The molecule has 0 radical (unpaired) electrons. The standard InChI is InChI=1S/C17H25N5O/c1-3-4-8-21-10-6-14(12-21)11-19-16(23)15-13(2)20-17-18-7-5-9-22(15)17/h5,7,9,14H,3-4,6,8,10-12H2,1-2H3,(H,19,23)/t14-/m1/s1. The second-order valence-corrected chi connectivity index (χ2v) is 6.35. The van der Waals surface area contributed by atoms with E-state index in [1.165, 1.54) is 19.4 Å². The van der Waals surface area contributed by atoms with Gasteiger partial charge in [0.1, 0.15) is 5.69 Å². The Kier molecular flexibility index (Phi) is 4.91. The Balaban J connectivity index is 1.58. The van der Waals surface area contributed by atoms with Gasteiger partial charge in [0.2, 0.25) is 5.78 Å². The number of hydrogen-bond donors (Lipinski definition) is 1. The first kappa shape index (κ1) is 15.9. The minimum atomic E-state index is -0.0602. The fourth-order valence-electron chi connectivity index (χ4n) is 3.26. The predicted molar refractivity (Wildman–Crippen MR) is 89.5 cm³/mol. The molecule has 0 saturated carbocycles. The van der Waals surface area contributed by atoms with Gasteiger partial charge < -0.3 is 10.2 Å². The molecule has 0 bridgehead atoms. The lowest BCUT2D eigenvalue weighted by molar-refractivity contribution is 0.0940. The second-order valence-electron chi connectivity index (χ2n) is 6.35. The molecule has 0 spiro atoms. The van der Waals surface area contributed by atoms with E-state index in [4.69, 9.17) is 0 Å². The number of unbranched alkanes of at least 4 members (excludes halogenated alkanes) is 1. The number of likely N-dealkylation sites (tertiary alicyclic amines) is 1. The third-order valence-electron chi connectivity index (χ3n) is 4.54. The molecule has 0 unspecified atom stereocenters. The van der Waals surface area contributed by atoms with Crippen LogP contribution in [0.3, 0.4) is 0 Å². The van der Waals surface area contributed by atoms with Crippen LogP contribution < -0.4 is 5.32 Å². The Hall–Kier alpha value is -1.95. The number of rotatable bonds is 6. The van der Waals surface area contributed by atoms with Crippen LogP contribution in [0.4, 0.5) is 0 Å². The molecule has 124 valence electrons. The zero-order valence-corrected chi connectivity index (χ0v) is 14.0. The molecular formula is C17H25N5O. The van der Waals surface area contributed by atoms with E-state index in [1.807, 2.05) is 19.2 Å². The van der Waals surface area contributed by atoms with Crippen LogP contribution in [0.25, 0.3) is 5.78 Å². The molecule has 3 heterocycles. The van der Waals surface area contributed by atoms with Crippen molar-refractivity contribution >= 4 is 11.7 Å². The first-order valence-electron chi connectivity index (χ1n) is 8.49. The van der Waals surface area contributed by atoms with Crippen molar-refractivity contribution in [3.8, 4) is 0 Å². The number of carbonyl (C=O) groups excluding carboxylic acids is 1. The van der Waals surface area contributed by atoms with Crippen molar-refractivity contribution < 1.29 is 4.79 Å². The van der Waals surface area contributed by atoms with Crippen LogP contribution in [0.2, 0.25) is 0 Å². The minimum absolute atomic E-state index is 0.0602. The van der Waals surface area contributed by atoms with Crippen molar-refractivity contribution in [3.05, 3.63) is 29.8 Å². The summed E-state index contributed by atoms with van der Waals surface area (Å²) in [5.41, 5.74) is 1.31. The van der Waals surface area contributed by atoms with E-state index >= 15 is 0 Å². The van der Waals surface area contributed by atoms with Crippen LogP contribution in [-0.4, -0.2) is 51.4 Å². The van der Waals surface area contributed by atoms with Gasteiger partial charge in [-0.25, -0.2) is 9.97 Å². The number of nitrogens with one attached hydrogen (secondary N) is 1. The summed E-state index contributed by atoms with van der Waals surface area (Å²) >= 11 is 0. The summed E-state index contributed by atoms with van der Waals surface area (Å²) < 4.78 is 1.76. The Morgan fingerprint density at radius 2 is 2.35 bits per heavy atom. The Morgan fingerprint density at radius 1 is 1.48 bits per heavy atom. The number of fused-ring (bicyclic) bond motifs is 1. The molecule has 1 aliphatic heterocycles. The van der Waals surface area contributed by atoms with Crippen LogP contribution in [0.1, 0.15) is 42.4 Å². The number of hydrogen-bond acceptors (Lipinski definition) is 4. The van der Waals surface area contributed by atoms with Crippen LogP contribution in [0, 0.1) is 12.8 Å². The van der Waals surface area contributed by atoms with Gasteiger partial charge in [-0.3, -0.25) is 9.20 Å². The largest absolute Gasteiger partial charge is 0.350 e. The van der Waals surface area contributed by atoms with Gasteiger partial charge in [0.05, 0.1) is 5.69 Å². The Bertz CT molecular complexity index is 681. The van der Waals surface area contributed by atoms with Crippen LogP contribution >= 0.6 is 0 Å². The molecule has 0 aliphatic carbocycles. The highest BCUT2D eigenvalue weighted by atomic mass is 16.1. The molecule has 1 N–H and O–H groups in total. The third-order valence-corrected chi connectivity index (χ3v) is 4.54. The van der Waals surface area contributed by atoms with E-state index in [9.17, 15) is 4.79 Å². The number of imidazole rings is 1.